The van der Waals surface area contributed by atoms with Crippen molar-refractivity contribution < 1.29 is 0 Å². The normalized spacial score (nSPS) is 13.2. The standard InChI is InChI=1S/C15H13N5/c1-3-7-12-10(5-1)11-6-2-4-8-13(11)15(12)16-9-14-17-19-20-18-14/h1-8,15-16H,9H2,(H,17,18,19,20). The minimum Gasteiger partial charge on any atom is -0.299 e. The van der Waals surface area contributed by atoms with Gasteiger partial charge in [0, 0.05) is 0 Å². The number of H-pyrrole nitrogens is 1. The highest BCUT2D eigenvalue weighted by Gasteiger charge is 2.27. The molecule has 3 aromatic rings. The molecule has 0 saturated heterocycles. The molecule has 5 nitrogen and oxygen atoms in total. The lowest BCUT2D eigenvalue weighted by molar-refractivity contribution is 0.596. The zero-order valence-electron chi connectivity index (χ0n) is 10.7. The first-order valence-corrected chi connectivity index (χ1v) is 6.57. The molecule has 2 N–H and O–H groups in total. The molecule has 0 amide bonds. The van der Waals surface area contributed by atoms with E-state index in [0.29, 0.717) is 12.4 Å². The molecule has 1 aromatic heterocycles. The van der Waals surface area contributed by atoms with Crippen LogP contribution in [0, 0.1) is 0 Å². The Hall–Kier alpha value is -2.53. The van der Waals surface area contributed by atoms with Gasteiger partial charge in [-0.15, -0.1) is 10.2 Å². The molecule has 4 rings (SSSR count). The average Bonchev–Trinajstić information content (AvgIpc) is 3.11. The van der Waals surface area contributed by atoms with Gasteiger partial charge in [-0.25, -0.2) is 0 Å². The summed E-state index contributed by atoms with van der Waals surface area (Å²) in [4.78, 5) is 0. The Kier molecular flexibility index (Phi) is 2.57. The first kappa shape index (κ1) is 11.3. The maximum Gasteiger partial charge on any atom is 0.188 e. The highest BCUT2D eigenvalue weighted by Crippen LogP contribution is 2.42. The first-order chi connectivity index (χ1) is 9.93. The predicted octanol–water partition coefficient (Wildman–Crippen LogP) is 2.06. The van der Waals surface area contributed by atoms with E-state index in [1.165, 1.54) is 22.3 Å². The monoisotopic (exact) mass is 263 g/mol. The second kappa shape index (κ2) is 4.54. The van der Waals surface area contributed by atoms with Crippen LogP contribution in [0.15, 0.2) is 48.5 Å². The van der Waals surface area contributed by atoms with Crippen molar-refractivity contribution in [3.8, 4) is 11.1 Å². The molecular formula is C15H13N5. The van der Waals surface area contributed by atoms with Crippen molar-refractivity contribution in [3.05, 3.63) is 65.5 Å². The van der Waals surface area contributed by atoms with Crippen LogP contribution in [0.3, 0.4) is 0 Å². The summed E-state index contributed by atoms with van der Waals surface area (Å²) in [5, 5.41) is 17.5. The number of hydrogen-bond acceptors (Lipinski definition) is 4. The number of benzene rings is 2. The van der Waals surface area contributed by atoms with Crippen LogP contribution in [0.4, 0.5) is 0 Å². The van der Waals surface area contributed by atoms with Crippen molar-refractivity contribution >= 4 is 0 Å². The highest BCUT2D eigenvalue weighted by molar-refractivity contribution is 5.78. The summed E-state index contributed by atoms with van der Waals surface area (Å²) < 4.78 is 0. The van der Waals surface area contributed by atoms with Crippen molar-refractivity contribution in [2.75, 3.05) is 0 Å². The molecule has 1 aliphatic rings. The van der Waals surface area contributed by atoms with Gasteiger partial charge < -0.3 is 0 Å². The summed E-state index contributed by atoms with van der Waals surface area (Å²) in [6.45, 7) is 0.587. The molecule has 20 heavy (non-hydrogen) atoms. The Morgan fingerprint density at radius 1 is 0.950 bits per heavy atom. The van der Waals surface area contributed by atoms with Crippen LogP contribution in [0.25, 0.3) is 11.1 Å². The predicted molar refractivity (Wildman–Crippen MR) is 74.7 cm³/mol. The number of aromatic nitrogens is 4. The summed E-state index contributed by atoms with van der Waals surface area (Å²) in [5.74, 6) is 0.673. The van der Waals surface area contributed by atoms with E-state index in [9.17, 15) is 0 Å². The summed E-state index contributed by atoms with van der Waals surface area (Å²) in [5.41, 5.74) is 5.21. The van der Waals surface area contributed by atoms with E-state index in [1.807, 2.05) is 0 Å². The molecule has 1 aliphatic carbocycles. The molecule has 0 bridgehead atoms. The average molecular weight is 263 g/mol. The quantitative estimate of drug-likeness (QED) is 0.759. The van der Waals surface area contributed by atoms with Gasteiger partial charge in [0.1, 0.15) is 0 Å². The van der Waals surface area contributed by atoms with E-state index in [1.54, 1.807) is 0 Å². The Morgan fingerprint density at radius 2 is 1.60 bits per heavy atom. The van der Waals surface area contributed by atoms with Gasteiger partial charge in [0.2, 0.25) is 0 Å². The third kappa shape index (κ3) is 1.71. The fraction of sp³-hybridized carbons (Fsp3) is 0.133. The number of tetrazole rings is 1. The van der Waals surface area contributed by atoms with Gasteiger partial charge in [-0.3, -0.25) is 5.32 Å². The molecule has 0 spiro atoms. The molecule has 0 saturated carbocycles. The van der Waals surface area contributed by atoms with Crippen LogP contribution in [-0.4, -0.2) is 20.6 Å². The van der Waals surface area contributed by atoms with Crippen LogP contribution in [-0.2, 0) is 6.54 Å². The number of fused-ring (bicyclic) bond motifs is 3. The summed E-state index contributed by atoms with van der Waals surface area (Å²) >= 11 is 0. The second-order valence-corrected chi connectivity index (χ2v) is 4.82. The number of aromatic amines is 1. The van der Waals surface area contributed by atoms with Crippen molar-refractivity contribution in [1.82, 2.24) is 25.9 Å². The molecular weight excluding hydrogens is 250 g/mol. The van der Waals surface area contributed by atoms with E-state index in [2.05, 4.69) is 74.5 Å². The van der Waals surface area contributed by atoms with Crippen LogP contribution in [0.5, 0.6) is 0 Å². The maximum atomic E-state index is 3.98. The Bertz CT molecular complexity index is 690. The van der Waals surface area contributed by atoms with Crippen molar-refractivity contribution in [1.29, 1.82) is 0 Å². The Morgan fingerprint density at radius 3 is 2.20 bits per heavy atom. The van der Waals surface area contributed by atoms with E-state index < -0.39 is 0 Å². The molecule has 5 heteroatoms. The molecule has 0 radical (unpaired) electrons. The van der Waals surface area contributed by atoms with Gasteiger partial charge in [-0.05, 0) is 22.3 Å². The third-order valence-electron chi connectivity index (χ3n) is 3.69. The van der Waals surface area contributed by atoms with E-state index in [-0.39, 0.29) is 6.04 Å². The lowest BCUT2D eigenvalue weighted by atomic mass is 10.1. The van der Waals surface area contributed by atoms with Gasteiger partial charge in [0.25, 0.3) is 0 Å². The summed E-state index contributed by atoms with van der Waals surface area (Å²) in [6, 6.07) is 17.2. The molecule has 0 fully saturated rings. The minimum atomic E-state index is 0.181. The van der Waals surface area contributed by atoms with Crippen molar-refractivity contribution in [2.45, 2.75) is 12.6 Å². The van der Waals surface area contributed by atoms with E-state index in [0.717, 1.165) is 0 Å². The molecule has 0 unspecified atom stereocenters. The molecule has 98 valence electrons. The zero-order valence-corrected chi connectivity index (χ0v) is 10.7. The third-order valence-corrected chi connectivity index (χ3v) is 3.69. The SMILES string of the molecule is c1ccc2c(c1)-c1ccccc1C2NCc1nn[nH]n1. The number of nitrogens with zero attached hydrogens (tertiary/aromatic N) is 3. The Balaban J connectivity index is 1.72. The number of rotatable bonds is 3. The fourth-order valence-corrected chi connectivity index (χ4v) is 2.83. The largest absolute Gasteiger partial charge is 0.299 e. The van der Waals surface area contributed by atoms with Crippen LogP contribution >= 0.6 is 0 Å². The molecule has 2 aromatic carbocycles. The maximum absolute atomic E-state index is 3.98. The number of nitrogens with one attached hydrogen (secondary N) is 2. The van der Waals surface area contributed by atoms with Gasteiger partial charge in [-0.1, -0.05) is 53.7 Å². The smallest absolute Gasteiger partial charge is 0.188 e. The molecule has 0 atom stereocenters. The van der Waals surface area contributed by atoms with Crippen molar-refractivity contribution in [3.63, 3.8) is 0 Å². The highest BCUT2D eigenvalue weighted by atomic mass is 15.5. The summed E-state index contributed by atoms with van der Waals surface area (Å²) in [6.07, 6.45) is 0. The fourth-order valence-electron chi connectivity index (χ4n) is 2.83. The van der Waals surface area contributed by atoms with Crippen LogP contribution in [0.2, 0.25) is 0 Å². The zero-order chi connectivity index (χ0) is 13.4. The molecule has 1 heterocycles. The minimum absolute atomic E-state index is 0.181. The second-order valence-electron chi connectivity index (χ2n) is 4.82. The van der Waals surface area contributed by atoms with Crippen molar-refractivity contribution in [2.24, 2.45) is 0 Å². The van der Waals surface area contributed by atoms with Crippen LogP contribution in [0.1, 0.15) is 23.0 Å². The summed E-state index contributed by atoms with van der Waals surface area (Å²) in [7, 11) is 0. The van der Waals surface area contributed by atoms with Crippen LogP contribution < -0.4 is 5.32 Å². The van der Waals surface area contributed by atoms with Gasteiger partial charge in [-0.2, -0.15) is 5.21 Å². The first-order valence-electron chi connectivity index (χ1n) is 6.57. The Labute approximate surface area is 116 Å². The lowest BCUT2D eigenvalue weighted by Gasteiger charge is -2.14. The van der Waals surface area contributed by atoms with Gasteiger partial charge in [0.15, 0.2) is 5.82 Å². The van der Waals surface area contributed by atoms with E-state index >= 15 is 0 Å². The topological polar surface area (TPSA) is 66.5 Å². The van der Waals surface area contributed by atoms with Gasteiger partial charge >= 0.3 is 0 Å². The van der Waals surface area contributed by atoms with Gasteiger partial charge in [0.05, 0.1) is 12.6 Å². The number of hydrogen-bond donors (Lipinski definition) is 2. The molecule has 0 aliphatic heterocycles. The van der Waals surface area contributed by atoms with E-state index in [4.69, 9.17) is 0 Å². The lowest BCUT2D eigenvalue weighted by Crippen LogP contribution is -2.20.